The molecule has 3 aromatic rings. The minimum Gasteiger partial charge on any atom is -0.480 e. The van der Waals surface area contributed by atoms with Crippen LogP contribution >= 0.6 is 11.6 Å². The lowest BCUT2D eigenvalue weighted by atomic mass is 10.2. The highest BCUT2D eigenvalue weighted by molar-refractivity contribution is 6.35. The average Bonchev–Trinajstić information content (AvgIpc) is 3.15. The summed E-state index contributed by atoms with van der Waals surface area (Å²) >= 11 is 6.13. The van der Waals surface area contributed by atoms with Gasteiger partial charge in [0.05, 0.1) is 22.5 Å². The molecule has 11 nitrogen and oxygen atoms in total. The lowest BCUT2D eigenvalue weighted by Crippen LogP contribution is -2.35. The average molecular weight is 472 g/mol. The maximum Gasteiger partial charge on any atom is 0.415 e. The highest BCUT2D eigenvalue weighted by Crippen LogP contribution is 2.30. The van der Waals surface area contributed by atoms with Gasteiger partial charge in [-0.3, -0.25) is 19.1 Å². The Morgan fingerprint density at radius 1 is 1.15 bits per heavy atom. The van der Waals surface area contributed by atoms with Crippen LogP contribution in [0.1, 0.15) is 12.8 Å². The van der Waals surface area contributed by atoms with E-state index in [-0.39, 0.29) is 41.8 Å². The summed E-state index contributed by atoms with van der Waals surface area (Å²) in [5.41, 5.74) is -0.609. The fourth-order valence-corrected chi connectivity index (χ4v) is 4.15. The van der Waals surface area contributed by atoms with Crippen LogP contribution in [0.4, 0.5) is 16.4 Å². The summed E-state index contributed by atoms with van der Waals surface area (Å²) in [6.45, 7) is 0.301. The first kappa shape index (κ1) is 21.0. The summed E-state index contributed by atoms with van der Waals surface area (Å²) in [5, 5.41) is 3.12. The Balaban J connectivity index is 1.26. The number of rotatable bonds is 5. The van der Waals surface area contributed by atoms with Gasteiger partial charge in [0.2, 0.25) is 0 Å². The Morgan fingerprint density at radius 2 is 2.00 bits per heavy atom. The number of nitrogens with zero attached hydrogens (tertiary/aromatic N) is 3. The van der Waals surface area contributed by atoms with Gasteiger partial charge in [-0.05, 0) is 37.1 Å². The Kier molecular flexibility index (Phi) is 5.25. The van der Waals surface area contributed by atoms with Crippen molar-refractivity contribution in [1.82, 2.24) is 14.5 Å². The van der Waals surface area contributed by atoms with Crippen molar-refractivity contribution in [2.75, 3.05) is 23.4 Å². The minimum atomic E-state index is -0.567. The van der Waals surface area contributed by atoms with Crippen molar-refractivity contribution in [3.8, 4) is 5.75 Å². The van der Waals surface area contributed by atoms with Crippen LogP contribution in [0.25, 0.3) is 10.9 Å². The van der Waals surface area contributed by atoms with E-state index in [4.69, 9.17) is 21.1 Å². The summed E-state index contributed by atoms with van der Waals surface area (Å²) in [6.07, 6.45) is -0.158. The van der Waals surface area contributed by atoms with E-state index in [0.717, 1.165) is 4.57 Å². The number of anilines is 2. The van der Waals surface area contributed by atoms with E-state index in [2.05, 4.69) is 15.3 Å². The number of hydrogen-bond donors (Lipinski definition) is 2. The molecule has 0 bridgehead atoms. The molecular weight excluding hydrogens is 454 g/mol. The summed E-state index contributed by atoms with van der Waals surface area (Å²) < 4.78 is 11.8. The van der Waals surface area contributed by atoms with Crippen LogP contribution in [0.15, 0.2) is 39.9 Å². The molecule has 0 unspecified atom stereocenters. The number of halogens is 1. The molecule has 0 spiro atoms. The summed E-state index contributed by atoms with van der Waals surface area (Å²) in [6, 6.07) is 8.10. The first-order chi connectivity index (χ1) is 15.9. The first-order valence-corrected chi connectivity index (χ1v) is 10.6. The van der Waals surface area contributed by atoms with Crippen molar-refractivity contribution in [2.24, 2.45) is 0 Å². The Bertz CT molecular complexity index is 1400. The molecule has 1 atom stereocenters. The Labute approximate surface area is 190 Å². The molecule has 0 radical (unpaired) electrons. The first-order valence-electron chi connectivity index (χ1n) is 10.2. The molecule has 2 aliphatic heterocycles. The van der Waals surface area contributed by atoms with Crippen molar-refractivity contribution >= 4 is 46.1 Å². The maximum atomic E-state index is 12.7. The van der Waals surface area contributed by atoms with Gasteiger partial charge in [-0.15, -0.1) is 0 Å². The third-order valence-corrected chi connectivity index (χ3v) is 5.79. The zero-order chi connectivity index (χ0) is 23.1. The Morgan fingerprint density at radius 3 is 2.85 bits per heavy atom. The number of carbonyl (C=O) groups excluding carboxylic acids is 2. The second-order valence-corrected chi connectivity index (χ2v) is 8.07. The molecule has 170 valence electrons. The largest absolute Gasteiger partial charge is 0.480 e. The SMILES string of the molecule is O=C1COc2ccc(N3C[C@@H](CCCn4c(=O)[nH]c5cccc(Cl)c5c4=O)OC3=O)nc2N1. The molecular formula is C21H18ClN5O6. The molecule has 0 saturated carbocycles. The van der Waals surface area contributed by atoms with Crippen LogP contribution in [0.3, 0.4) is 0 Å². The molecule has 2 aromatic heterocycles. The van der Waals surface area contributed by atoms with Gasteiger partial charge in [0, 0.05) is 6.54 Å². The second kappa shape index (κ2) is 8.24. The predicted molar refractivity (Wildman–Crippen MR) is 119 cm³/mol. The van der Waals surface area contributed by atoms with E-state index in [1.807, 2.05) is 0 Å². The van der Waals surface area contributed by atoms with Crippen molar-refractivity contribution < 1.29 is 19.1 Å². The zero-order valence-electron chi connectivity index (χ0n) is 17.2. The smallest absolute Gasteiger partial charge is 0.415 e. The Hall–Kier alpha value is -3.86. The number of hydrogen-bond acceptors (Lipinski definition) is 7. The predicted octanol–water partition coefficient (Wildman–Crippen LogP) is 1.87. The molecule has 2 aliphatic rings. The molecule has 1 fully saturated rings. The maximum absolute atomic E-state index is 12.7. The third-order valence-electron chi connectivity index (χ3n) is 5.48. The van der Waals surface area contributed by atoms with E-state index in [1.54, 1.807) is 30.3 Å². The van der Waals surface area contributed by atoms with Crippen LogP contribution in [-0.2, 0) is 16.1 Å². The van der Waals surface area contributed by atoms with E-state index in [0.29, 0.717) is 29.9 Å². The number of benzene rings is 1. The van der Waals surface area contributed by atoms with Crippen molar-refractivity contribution in [3.63, 3.8) is 0 Å². The number of H-pyrrole nitrogens is 1. The number of carbonyl (C=O) groups is 2. The summed E-state index contributed by atoms with van der Waals surface area (Å²) in [5.74, 6) is 0.667. The number of cyclic esters (lactones) is 1. The van der Waals surface area contributed by atoms with Gasteiger partial charge in [-0.25, -0.2) is 14.6 Å². The zero-order valence-corrected chi connectivity index (χ0v) is 17.9. The van der Waals surface area contributed by atoms with E-state index in [9.17, 15) is 19.2 Å². The molecule has 1 saturated heterocycles. The number of amides is 2. The minimum absolute atomic E-state index is 0.0861. The lowest BCUT2D eigenvalue weighted by Gasteiger charge is -2.19. The van der Waals surface area contributed by atoms with Crippen molar-refractivity contribution in [2.45, 2.75) is 25.5 Å². The van der Waals surface area contributed by atoms with Gasteiger partial charge in [-0.2, -0.15) is 0 Å². The molecule has 33 heavy (non-hydrogen) atoms. The molecule has 12 heteroatoms. The molecule has 4 heterocycles. The van der Waals surface area contributed by atoms with Crippen LogP contribution in [0, 0.1) is 0 Å². The van der Waals surface area contributed by atoms with Gasteiger partial charge in [-0.1, -0.05) is 17.7 Å². The second-order valence-electron chi connectivity index (χ2n) is 7.66. The molecule has 2 N–H and O–H groups in total. The van der Waals surface area contributed by atoms with Crippen LogP contribution in [0.5, 0.6) is 5.75 Å². The molecule has 0 aliphatic carbocycles. The van der Waals surface area contributed by atoms with Crippen molar-refractivity contribution in [1.29, 1.82) is 0 Å². The number of aromatic nitrogens is 3. The van der Waals surface area contributed by atoms with Gasteiger partial charge in [0.25, 0.3) is 11.5 Å². The van der Waals surface area contributed by atoms with Gasteiger partial charge < -0.3 is 19.8 Å². The summed E-state index contributed by atoms with van der Waals surface area (Å²) in [7, 11) is 0. The number of fused-ring (bicyclic) bond motifs is 2. The third kappa shape index (κ3) is 3.91. The summed E-state index contributed by atoms with van der Waals surface area (Å²) in [4.78, 5) is 57.3. The number of nitrogens with one attached hydrogen (secondary N) is 2. The fraction of sp³-hybridized carbons (Fsp3) is 0.286. The van der Waals surface area contributed by atoms with Crippen molar-refractivity contribution in [3.05, 3.63) is 56.2 Å². The number of pyridine rings is 1. The van der Waals surface area contributed by atoms with Crippen LogP contribution < -0.4 is 26.2 Å². The highest BCUT2D eigenvalue weighted by Gasteiger charge is 2.33. The number of ether oxygens (including phenoxy) is 2. The van der Waals surface area contributed by atoms with E-state index in [1.165, 1.54) is 4.90 Å². The molecule has 5 rings (SSSR count). The molecule has 2 amide bonds. The van der Waals surface area contributed by atoms with Gasteiger partial charge >= 0.3 is 11.8 Å². The lowest BCUT2D eigenvalue weighted by molar-refractivity contribution is -0.118. The van der Waals surface area contributed by atoms with E-state index >= 15 is 0 Å². The topological polar surface area (TPSA) is 136 Å². The highest BCUT2D eigenvalue weighted by atomic mass is 35.5. The molecule has 1 aromatic carbocycles. The van der Waals surface area contributed by atoms with Gasteiger partial charge in [0.15, 0.2) is 18.2 Å². The number of aromatic amines is 1. The van der Waals surface area contributed by atoms with E-state index < -0.39 is 23.4 Å². The van der Waals surface area contributed by atoms with Crippen LogP contribution in [-0.4, -0.2) is 45.8 Å². The standard InChI is InChI=1S/C21H18ClN5O6/c22-12-4-1-5-13-17(12)19(29)26(20(30)23-13)8-2-3-11-9-27(21(31)33-11)15-7-6-14-18(24-15)25-16(28)10-32-14/h1,4-7,11H,2-3,8-10H2,(H,23,30)(H,24,25,28)/t11-/m1/s1. The normalized spacial score (nSPS) is 17.5. The van der Waals surface area contributed by atoms with Gasteiger partial charge in [0.1, 0.15) is 11.9 Å². The van der Waals surface area contributed by atoms with Crippen LogP contribution in [0.2, 0.25) is 5.02 Å². The monoisotopic (exact) mass is 471 g/mol. The fourth-order valence-electron chi connectivity index (χ4n) is 3.90. The quantitative estimate of drug-likeness (QED) is 0.579.